The highest BCUT2D eigenvalue weighted by molar-refractivity contribution is 6.30. The minimum absolute atomic E-state index is 0.0486. The van der Waals surface area contributed by atoms with Gasteiger partial charge in [0, 0.05) is 25.7 Å². The lowest BCUT2D eigenvalue weighted by molar-refractivity contribution is -0.130. The zero-order chi connectivity index (χ0) is 13.5. The average Bonchev–Trinajstić information content (AvgIpc) is 2.32. The molecule has 0 aliphatic rings. The van der Waals surface area contributed by atoms with Crippen LogP contribution in [0.25, 0.3) is 0 Å². The van der Waals surface area contributed by atoms with Gasteiger partial charge in [-0.05, 0) is 17.7 Å². The zero-order valence-electron chi connectivity index (χ0n) is 10.6. The summed E-state index contributed by atoms with van der Waals surface area (Å²) in [7, 11) is 3.18. The SMILES string of the molecule is COCC(O)CN(C)C(=O)Cc1ccc(Cl)cc1. The molecule has 1 N–H and O–H groups in total. The summed E-state index contributed by atoms with van der Waals surface area (Å²) in [6, 6.07) is 7.15. The number of benzene rings is 1. The molecule has 4 nitrogen and oxygen atoms in total. The number of likely N-dealkylation sites (N-methyl/N-ethyl adjacent to an activating group) is 1. The van der Waals surface area contributed by atoms with E-state index in [-0.39, 0.29) is 19.1 Å². The summed E-state index contributed by atoms with van der Waals surface area (Å²) in [4.78, 5) is 13.4. The molecule has 0 bridgehead atoms. The normalized spacial score (nSPS) is 12.2. The zero-order valence-corrected chi connectivity index (χ0v) is 11.4. The standard InChI is InChI=1S/C13H18ClNO3/c1-15(8-12(16)9-18-2)13(17)7-10-3-5-11(14)6-4-10/h3-6,12,16H,7-9H2,1-2H3. The van der Waals surface area contributed by atoms with Crippen LogP contribution in [0.3, 0.4) is 0 Å². The molecule has 1 atom stereocenters. The monoisotopic (exact) mass is 271 g/mol. The molecular weight excluding hydrogens is 254 g/mol. The Morgan fingerprint density at radius 2 is 2.06 bits per heavy atom. The third kappa shape index (κ3) is 5.04. The van der Waals surface area contributed by atoms with E-state index in [2.05, 4.69) is 0 Å². The number of rotatable bonds is 6. The number of hydrogen-bond donors (Lipinski definition) is 1. The number of aliphatic hydroxyl groups excluding tert-OH is 1. The van der Waals surface area contributed by atoms with Crippen LogP contribution in [0, 0.1) is 0 Å². The molecule has 1 unspecified atom stereocenters. The van der Waals surface area contributed by atoms with Crippen LogP contribution >= 0.6 is 11.6 Å². The molecule has 18 heavy (non-hydrogen) atoms. The third-order valence-corrected chi connectivity index (χ3v) is 2.79. The Balaban J connectivity index is 2.46. The molecule has 0 aromatic heterocycles. The number of carbonyl (C=O) groups excluding carboxylic acids is 1. The Morgan fingerprint density at radius 1 is 1.44 bits per heavy atom. The van der Waals surface area contributed by atoms with E-state index in [4.69, 9.17) is 16.3 Å². The Kier molecular flexibility index (Phi) is 6.12. The number of amides is 1. The lowest BCUT2D eigenvalue weighted by Crippen LogP contribution is -2.37. The van der Waals surface area contributed by atoms with Gasteiger partial charge < -0.3 is 14.7 Å². The van der Waals surface area contributed by atoms with Crippen molar-refractivity contribution in [2.75, 3.05) is 27.3 Å². The number of aliphatic hydroxyl groups is 1. The molecule has 0 fully saturated rings. The molecule has 1 aromatic rings. The number of carbonyl (C=O) groups is 1. The summed E-state index contributed by atoms with van der Waals surface area (Å²) in [5.41, 5.74) is 0.900. The summed E-state index contributed by atoms with van der Waals surface area (Å²) in [5.74, 6) is -0.0486. The number of methoxy groups -OCH3 is 1. The maximum atomic E-state index is 11.9. The lowest BCUT2D eigenvalue weighted by Gasteiger charge is -2.20. The Labute approximate surface area is 112 Å². The second-order valence-electron chi connectivity index (χ2n) is 4.19. The van der Waals surface area contributed by atoms with Gasteiger partial charge in [0.15, 0.2) is 0 Å². The van der Waals surface area contributed by atoms with E-state index < -0.39 is 6.10 Å². The average molecular weight is 272 g/mol. The Morgan fingerprint density at radius 3 is 2.61 bits per heavy atom. The first kappa shape index (κ1) is 15.0. The fourth-order valence-corrected chi connectivity index (χ4v) is 1.70. The first-order valence-electron chi connectivity index (χ1n) is 5.68. The predicted octanol–water partition coefficient (Wildman–Crippen LogP) is 1.35. The predicted molar refractivity (Wildman–Crippen MR) is 70.7 cm³/mol. The van der Waals surface area contributed by atoms with E-state index in [1.54, 1.807) is 19.2 Å². The van der Waals surface area contributed by atoms with Crippen molar-refractivity contribution in [2.24, 2.45) is 0 Å². The molecule has 1 aromatic carbocycles. The van der Waals surface area contributed by atoms with Crippen LogP contribution in [0.15, 0.2) is 24.3 Å². The van der Waals surface area contributed by atoms with Gasteiger partial charge in [-0.15, -0.1) is 0 Å². The minimum Gasteiger partial charge on any atom is -0.389 e. The Hall–Kier alpha value is -1.10. The molecular formula is C13H18ClNO3. The van der Waals surface area contributed by atoms with Gasteiger partial charge >= 0.3 is 0 Å². The number of halogens is 1. The molecule has 0 saturated heterocycles. The van der Waals surface area contributed by atoms with Gasteiger partial charge in [0.2, 0.25) is 5.91 Å². The molecule has 0 radical (unpaired) electrons. The molecule has 100 valence electrons. The van der Waals surface area contributed by atoms with Gasteiger partial charge in [-0.3, -0.25) is 4.79 Å². The van der Waals surface area contributed by atoms with E-state index >= 15 is 0 Å². The smallest absolute Gasteiger partial charge is 0.226 e. The van der Waals surface area contributed by atoms with Crippen LogP contribution in [-0.2, 0) is 16.0 Å². The van der Waals surface area contributed by atoms with Gasteiger partial charge in [-0.2, -0.15) is 0 Å². The van der Waals surface area contributed by atoms with E-state index in [1.165, 1.54) is 12.0 Å². The number of hydrogen-bond acceptors (Lipinski definition) is 3. The van der Waals surface area contributed by atoms with E-state index in [0.717, 1.165) is 5.56 Å². The second-order valence-corrected chi connectivity index (χ2v) is 4.62. The number of ether oxygens (including phenoxy) is 1. The first-order valence-corrected chi connectivity index (χ1v) is 6.06. The van der Waals surface area contributed by atoms with Crippen molar-refractivity contribution in [2.45, 2.75) is 12.5 Å². The number of nitrogens with zero attached hydrogens (tertiary/aromatic N) is 1. The van der Waals surface area contributed by atoms with E-state index in [1.807, 2.05) is 12.1 Å². The highest BCUT2D eigenvalue weighted by Gasteiger charge is 2.13. The summed E-state index contributed by atoms with van der Waals surface area (Å²) < 4.78 is 4.81. The van der Waals surface area contributed by atoms with Crippen LogP contribution in [0.2, 0.25) is 5.02 Å². The van der Waals surface area contributed by atoms with Crippen molar-refractivity contribution >= 4 is 17.5 Å². The molecule has 1 amide bonds. The van der Waals surface area contributed by atoms with Crippen molar-refractivity contribution in [3.8, 4) is 0 Å². The van der Waals surface area contributed by atoms with Crippen molar-refractivity contribution in [1.82, 2.24) is 4.90 Å². The fraction of sp³-hybridized carbons (Fsp3) is 0.462. The van der Waals surface area contributed by atoms with E-state index in [0.29, 0.717) is 11.4 Å². The summed E-state index contributed by atoms with van der Waals surface area (Å²) in [6.07, 6.45) is -0.359. The molecule has 0 spiro atoms. The van der Waals surface area contributed by atoms with Crippen LogP contribution < -0.4 is 0 Å². The molecule has 5 heteroatoms. The maximum Gasteiger partial charge on any atom is 0.226 e. The maximum absolute atomic E-state index is 11.9. The van der Waals surface area contributed by atoms with Crippen molar-refractivity contribution in [3.63, 3.8) is 0 Å². The summed E-state index contributed by atoms with van der Waals surface area (Å²) >= 11 is 5.77. The minimum atomic E-state index is -0.658. The highest BCUT2D eigenvalue weighted by atomic mass is 35.5. The molecule has 0 saturated carbocycles. The van der Waals surface area contributed by atoms with Gasteiger partial charge in [0.1, 0.15) is 0 Å². The lowest BCUT2D eigenvalue weighted by atomic mass is 10.1. The van der Waals surface area contributed by atoms with Gasteiger partial charge in [-0.25, -0.2) is 0 Å². The topological polar surface area (TPSA) is 49.8 Å². The van der Waals surface area contributed by atoms with Gasteiger partial charge in [0.05, 0.1) is 19.1 Å². The molecule has 0 aliphatic heterocycles. The van der Waals surface area contributed by atoms with Crippen molar-refractivity contribution < 1.29 is 14.6 Å². The van der Waals surface area contributed by atoms with E-state index in [9.17, 15) is 9.90 Å². The van der Waals surface area contributed by atoms with Gasteiger partial charge in [-0.1, -0.05) is 23.7 Å². The summed E-state index contributed by atoms with van der Waals surface area (Å²) in [5, 5.41) is 10.2. The molecule has 0 aliphatic carbocycles. The fourth-order valence-electron chi connectivity index (χ4n) is 1.57. The third-order valence-electron chi connectivity index (χ3n) is 2.54. The largest absolute Gasteiger partial charge is 0.389 e. The van der Waals surface area contributed by atoms with Crippen LogP contribution in [0.1, 0.15) is 5.56 Å². The quantitative estimate of drug-likeness (QED) is 0.850. The summed E-state index contributed by atoms with van der Waals surface area (Å²) in [6.45, 7) is 0.485. The second kappa shape index (κ2) is 7.36. The van der Waals surface area contributed by atoms with Gasteiger partial charge in [0.25, 0.3) is 0 Å². The highest BCUT2D eigenvalue weighted by Crippen LogP contribution is 2.10. The Bertz CT molecular complexity index is 380. The molecule has 0 heterocycles. The molecule has 1 rings (SSSR count). The van der Waals surface area contributed by atoms with Crippen LogP contribution in [0.4, 0.5) is 0 Å². The first-order chi connectivity index (χ1) is 8.52. The van der Waals surface area contributed by atoms with Crippen molar-refractivity contribution in [1.29, 1.82) is 0 Å². The van der Waals surface area contributed by atoms with Crippen molar-refractivity contribution in [3.05, 3.63) is 34.9 Å². The van der Waals surface area contributed by atoms with Crippen LogP contribution in [0.5, 0.6) is 0 Å². The van der Waals surface area contributed by atoms with Crippen LogP contribution in [-0.4, -0.2) is 49.3 Å².